The molecule has 174 valence electrons. The fraction of sp³-hybridized carbons (Fsp3) is 0.185. The van der Waals surface area contributed by atoms with Gasteiger partial charge in [-0.05, 0) is 73.1 Å². The predicted octanol–water partition coefficient (Wildman–Crippen LogP) is 7.33. The minimum absolute atomic E-state index is 0.00115. The van der Waals surface area contributed by atoms with Crippen molar-refractivity contribution in [3.63, 3.8) is 0 Å². The second-order valence-electron chi connectivity index (χ2n) is 7.69. The van der Waals surface area contributed by atoms with Gasteiger partial charge in [0.1, 0.15) is 0 Å². The second kappa shape index (κ2) is 10.8. The maximum Gasteiger partial charge on any atom is 0.271 e. The fourth-order valence-electron chi connectivity index (χ4n) is 3.34. The molecule has 0 saturated carbocycles. The summed E-state index contributed by atoms with van der Waals surface area (Å²) in [4.78, 5) is 20.4. The van der Waals surface area contributed by atoms with Gasteiger partial charge in [0.2, 0.25) is 0 Å². The van der Waals surface area contributed by atoms with E-state index in [1.54, 1.807) is 24.2 Å². The van der Waals surface area contributed by atoms with Gasteiger partial charge in [0.05, 0.1) is 34.5 Å². The van der Waals surface area contributed by atoms with Crippen molar-refractivity contribution >= 4 is 51.9 Å². The number of carbonyl (C=O) groups excluding carboxylic acids is 1. The Morgan fingerprint density at radius 2 is 1.76 bits per heavy atom. The SMILES string of the molecule is CCC(C)Oc1c(Cl)cc(C=C2SC(=Nc3ccccc3)N(c3ccccc3)C2=O)cc1OC. The summed E-state index contributed by atoms with van der Waals surface area (Å²) in [5.41, 5.74) is 2.27. The van der Waals surface area contributed by atoms with Crippen LogP contribution in [0.25, 0.3) is 6.08 Å². The van der Waals surface area contributed by atoms with Gasteiger partial charge in [0.25, 0.3) is 5.91 Å². The molecule has 1 aliphatic rings. The van der Waals surface area contributed by atoms with Gasteiger partial charge in [-0.3, -0.25) is 9.69 Å². The number of aliphatic imine (C=N–C) groups is 1. The van der Waals surface area contributed by atoms with E-state index in [0.717, 1.165) is 23.4 Å². The van der Waals surface area contributed by atoms with Crippen molar-refractivity contribution in [2.45, 2.75) is 26.4 Å². The largest absolute Gasteiger partial charge is 0.493 e. The molecular formula is C27H25ClN2O3S. The quantitative estimate of drug-likeness (QED) is 0.324. The first-order valence-corrected chi connectivity index (χ1v) is 12.2. The topological polar surface area (TPSA) is 51.1 Å². The Balaban J connectivity index is 1.73. The maximum absolute atomic E-state index is 13.5. The Labute approximate surface area is 209 Å². The van der Waals surface area contributed by atoms with E-state index in [4.69, 9.17) is 26.1 Å². The lowest BCUT2D eigenvalue weighted by molar-refractivity contribution is -0.113. The van der Waals surface area contributed by atoms with Gasteiger partial charge in [-0.25, -0.2) is 4.99 Å². The minimum atomic E-state index is -0.152. The average Bonchev–Trinajstić information content (AvgIpc) is 3.15. The molecule has 0 radical (unpaired) electrons. The highest BCUT2D eigenvalue weighted by Crippen LogP contribution is 2.41. The molecule has 0 N–H and O–H groups in total. The summed E-state index contributed by atoms with van der Waals surface area (Å²) in [5.74, 6) is 0.873. The molecule has 5 nitrogen and oxygen atoms in total. The third-order valence-corrected chi connectivity index (χ3v) is 6.49. The highest BCUT2D eigenvalue weighted by molar-refractivity contribution is 8.19. The normalized spacial score (nSPS) is 16.8. The summed E-state index contributed by atoms with van der Waals surface area (Å²) < 4.78 is 11.5. The monoisotopic (exact) mass is 492 g/mol. The predicted molar refractivity (Wildman–Crippen MR) is 141 cm³/mol. The van der Waals surface area contributed by atoms with E-state index in [1.165, 1.54) is 11.8 Å². The molecule has 0 spiro atoms. The number of thioether (sulfide) groups is 1. The standard InChI is InChI=1S/C27H25ClN2O3S/c1-4-18(2)33-25-22(28)15-19(16-23(25)32-3)17-24-26(31)30(21-13-9-6-10-14-21)27(34-24)29-20-11-7-5-8-12-20/h5-18H,4H2,1-3H3. The molecule has 7 heteroatoms. The molecule has 0 aromatic heterocycles. The van der Waals surface area contributed by atoms with Crippen molar-refractivity contribution in [3.05, 3.63) is 88.3 Å². The molecule has 0 aliphatic carbocycles. The number of hydrogen-bond acceptors (Lipinski definition) is 5. The minimum Gasteiger partial charge on any atom is -0.493 e. The third kappa shape index (κ3) is 5.29. The molecule has 3 aromatic rings. The van der Waals surface area contributed by atoms with Crippen molar-refractivity contribution in [1.29, 1.82) is 0 Å². The van der Waals surface area contributed by atoms with Gasteiger partial charge in [-0.15, -0.1) is 0 Å². The van der Waals surface area contributed by atoms with E-state index in [-0.39, 0.29) is 12.0 Å². The van der Waals surface area contributed by atoms with Crippen molar-refractivity contribution in [1.82, 2.24) is 0 Å². The molecule has 1 heterocycles. The summed E-state index contributed by atoms with van der Waals surface area (Å²) in [6.07, 6.45) is 2.64. The van der Waals surface area contributed by atoms with E-state index in [9.17, 15) is 4.79 Å². The number of methoxy groups -OCH3 is 1. The number of carbonyl (C=O) groups is 1. The Kier molecular flexibility index (Phi) is 7.60. The molecule has 34 heavy (non-hydrogen) atoms. The molecule has 3 aromatic carbocycles. The van der Waals surface area contributed by atoms with E-state index in [1.807, 2.05) is 80.6 Å². The highest BCUT2D eigenvalue weighted by Gasteiger charge is 2.34. The number of hydrogen-bond donors (Lipinski definition) is 0. The number of benzene rings is 3. The van der Waals surface area contributed by atoms with Crippen molar-refractivity contribution in [3.8, 4) is 11.5 Å². The summed E-state index contributed by atoms with van der Waals surface area (Å²) in [7, 11) is 1.57. The first kappa shape index (κ1) is 23.9. The molecule has 1 unspecified atom stereocenters. The zero-order chi connectivity index (χ0) is 24.1. The van der Waals surface area contributed by atoms with Crippen molar-refractivity contribution in [2.75, 3.05) is 12.0 Å². The number of nitrogens with zero attached hydrogens (tertiary/aromatic N) is 2. The van der Waals surface area contributed by atoms with E-state index in [0.29, 0.717) is 26.6 Å². The number of halogens is 1. The van der Waals surface area contributed by atoms with Crippen LogP contribution in [0.3, 0.4) is 0 Å². The Morgan fingerprint density at radius 3 is 2.41 bits per heavy atom. The summed E-state index contributed by atoms with van der Waals surface area (Å²) >= 11 is 7.86. The highest BCUT2D eigenvalue weighted by atomic mass is 35.5. The molecular weight excluding hydrogens is 468 g/mol. The van der Waals surface area contributed by atoms with Crippen molar-refractivity contribution < 1.29 is 14.3 Å². The maximum atomic E-state index is 13.5. The van der Waals surface area contributed by atoms with Crippen LogP contribution >= 0.6 is 23.4 Å². The van der Waals surface area contributed by atoms with Crippen LogP contribution < -0.4 is 14.4 Å². The van der Waals surface area contributed by atoms with E-state index in [2.05, 4.69) is 0 Å². The van der Waals surface area contributed by atoms with Gasteiger partial charge < -0.3 is 9.47 Å². The Hall–Kier alpha value is -3.22. The zero-order valence-corrected chi connectivity index (χ0v) is 20.8. The van der Waals surface area contributed by atoms with Crippen molar-refractivity contribution in [2.24, 2.45) is 4.99 Å². The lowest BCUT2D eigenvalue weighted by Crippen LogP contribution is -2.28. The molecule has 1 saturated heterocycles. The van der Waals surface area contributed by atoms with Crippen LogP contribution in [0, 0.1) is 0 Å². The third-order valence-electron chi connectivity index (χ3n) is 5.25. The van der Waals surface area contributed by atoms with Crippen LogP contribution in [0.5, 0.6) is 11.5 Å². The van der Waals surface area contributed by atoms with Gasteiger partial charge in [0, 0.05) is 0 Å². The molecule has 1 aliphatic heterocycles. The Morgan fingerprint density at radius 1 is 1.09 bits per heavy atom. The van der Waals surface area contributed by atoms with Crippen LogP contribution in [0.2, 0.25) is 5.02 Å². The van der Waals surface area contributed by atoms with E-state index >= 15 is 0 Å². The van der Waals surface area contributed by atoms with Gasteiger partial charge in [-0.1, -0.05) is 54.9 Å². The molecule has 1 fully saturated rings. The first-order chi connectivity index (χ1) is 16.5. The number of rotatable bonds is 7. The second-order valence-corrected chi connectivity index (χ2v) is 9.10. The number of amides is 1. The molecule has 4 rings (SSSR count). The smallest absolute Gasteiger partial charge is 0.271 e. The first-order valence-electron chi connectivity index (χ1n) is 11.0. The lowest BCUT2D eigenvalue weighted by atomic mass is 10.1. The summed E-state index contributed by atoms with van der Waals surface area (Å²) in [6, 6.07) is 22.7. The molecule has 1 atom stereocenters. The number of ether oxygens (including phenoxy) is 2. The van der Waals surface area contributed by atoms with Crippen LogP contribution in [-0.2, 0) is 4.79 Å². The van der Waals surface area contributed by atoms with E-state index < -0.39 is 0 Å². The number of para-hydroxylation sites is 2. The summed E-state index contributed by atoms with van der Waals surface area (Å²) in [5, 5.41) is 1.02. The van der Waals surface area contributed by atoms with Gasteiger partial charge >= 0.3 is 0 Å². The Bertz CT molecular complexity index is 1230. The van der Waals surface area contributed by atoms with Crippen LogP contribution in [0.15, 0.2) is 82.7 Å². The fourth-order valence-corrected chi connectivity index (χ4v) is 4.60. The summed E-state index contributed by atoms with van der Waals surface area (Å²) in [6.45, 7) is 4.02. The van der Waals surface area contributed by atoms with Gasteiger partial charge in [-0.2, -0.15) is 0 Å². The molecule has 0 bridgehead atoms. The number of amidine groups is 1. The van der Waals surface area contributed by atoms with Crippen LogP contribution in [0.1, 0.15) is 25.8 Å². The number of anilines is 1. The lowest BCUT2D eigenvalue weighted by Gasteiger charge is -2.17. The molecule has 1 amide bonds. The van der Waals surface area contributed by atoms with Crippen LogP contribution in [0.4, 0.5) is 11.4 Å². The zero-order valence-electron chi connectivity index (χ0n) is 19.2. The average molecular weight is 493 g/mol. The van der Waals surface area contributed by atoms with Crippen LogP contribution in [-0.4, -0.2) is 24.3 Å². The van der Waals surface area contributed by atoms with Gasteiger partial charge in [0.15, 0.2) is 16.7 Å².